The van der Waals surface area contributed by atoms with E-state index in [1.807, 2.05) is 0 Å². The summed E-state index contributed by atoms with van der Waals surface area (Å²) in [6.07, 6.45) is 3.55. The van der Waals surface area contributed by atoms with Crippen LogP contribution in [0.4, 0.5) is 23.8 Å². The van der Waals surface area contributed by atoms with Gasteiger partial charge in [0.05, 0.1) is 18.3 Å². The number of amides is 1. The molecule has 48 heavy (non-hydrogen) atoms. The summed E-state index contributed by atoms with van der Waals surface area (Å²) in [6, 6.07) is 4.25. The Balaban J connectivity index is 1.49. The van der Waals surface area contributed by atoms with Crippen LogP contribution in [0.2, 0.25) is 0 Å². The molecule has 3 heterocycles. The summed E-state index contributed by atoms with van der Waals surface area (Å²) >= 11 is 0. The van der Waals surface area contributed by atoms with Gasteiger partial charge in [-0.05, 0) is 12.1 Å². The summed E-state index contributed by atoms with van der Waals surface area (Å²) in [4.78, 5) is 48.7. The maximum atomic E-state index is 15.0. The Morgan fingerprint density at radius 1 is 1.15 bits per heavy atom. The second-order valence-electron chi connectivity index (χ2n) is 10.8. The highest BCUT2D eigenvalue weighted by atomic mass is 19.1. The number of pyridine rings is 1. The van der Waals surface area contributed by atoms with Crippen molar-refractivity contribution >= 4 is 23.8 Å². The van der Waals surface area contributed by atoms with E-state index in [9.17, 15) is 28.3 Å². The summed E-state index contributed by atoms with van der Waals surface area (Å²) in [5.41, 5.74) is 2.92. The molecule has 15 nitrogen and oxygen atoms in total. The fraction of sp³-hybridized carbons (Fsp3) is 0.333. The number of nitrogens with two attached hydrogens (primary N) is 1. The van der Waals surface area contributed by atoms with Crippen LogP contribution in [-0.2, 0) is 37.8 Å². The molecule has 254 valence electrons. The summed E-state index contributed by atoms with van der Waals surface area (Å²) in [5.74, 6) is -6.11. The molecule has 18 heteroatoms. The molecule has 4 N–H and O–H groups in total. The predicted octanol–water partition coefficient (Wildman–Crippen LogP) is 2.10. The monoisotopic (exact) mass is 673 g/mol. The van der Waals surface area contributed by atoms with Gasteiger partial charge in [-0.3, -0.25) is 14.5 Å². The zero-order valence-corrected chi connectivity index (χ0v) is 25.9. The SMILES string of the molecule is CC(OC(=O)N(C)c1ncccc1COC(=O)C[C@H](N)C(=O)O)[n+]1cnn(C[C@](O)(c2ccc(F)cc2F)[C@@H](C)c2ncncc2F)c1. The van der Waals surface area contributed by atoms with Gasteiger partial charge in [0.2, 0.25) is 12.6 Å². The molecule has 0 spiro atoms. The lowest BCUT2D eigenvalue weighted by molar-refractivity contribution is -0.753. The van der Waals surface area contributed by atoms with Crippen LogP contribution in [0.1, 0.15) is 49.2 Å². The van der Waals surface area contributed by atoms with Crippen molar-refractivity contribution in [2.75, 3.05) is 11.9 Å². The minimum absolute atomic E-state index is 0.0862. The first-order valence-corrected chi connectivity index (χ1v) is 14.3. The lowest BCUT2D eigenvalue weighted by atomic mass is 9.79. The number of nitrogens with zero attached hydrogens (tertiary/aromatic N) is 7. The Hall–Kier alpha value is -5.49. The normalized spacial score (nSPS) is 14.3. The fourth-order valence-corrected chi connectivity index (χ4v) is 4.72. The van der Waals surface area contributed by atoms with Gasteiger partial charge in [-0.25, -0.2) is 32.9 Å². The summed E-state index contributed by atoms with van der Waals surface area (Å²) < 4.78 is 56.7. The van der Waals surface area contributed by atoms with E-state index in [0.29, 0.717) is 11.6 Å². The Kier molecular flexibility index (Phi) is 11.0. The molecule has 1 aromatic carbocycles. The Bertz CT molecular complexity index is 1790. The number of halogens is 3. The van der Waals surface area contributed by atoms with Crippen molar-refractivity contribution in [2.45, 2.75) is 57.2 Å². The molecule has 1 unspecified atom stereocenters. The van der Waals surface area contributed by atoms with Crippen molar-refractivity contribution in [1.82, 2.24) is 24.7 Å². The van der Waals surface area contributed by atoms with Gasteiger partial charge in [-0.15, -0.1) is 4.68 Å². The minimum atomic E-state index is -2.20. The number of carbonyl (C=O) groups excluding carboxylic acids is 2. The summed E-state index contributed by atoms with van der Waals surface area (Å²) in [6.45, 7) is 2.14. The lowest BCUT2D eigenvalue weighted by Gasteiger charge is -2.32. The number of carboxylic acid groups (broad SMARTS) is 1. The van der Waals surface area contributed by atoms with Gasteiger partial charge in [0.15, 0.2) is 5.82 Å². The third-order valence-corrected chi connectivity index (χ3v) is 7.47. The smallest absolute Gasteiger partial charge is 0.418 e. The number of aliphatic carboxylic acids is 1. The van der Waals surface area contributed by atoms with Gasteiger partial charge < -0.3 is 25.4 Å². The molecule has 4 rings (SSSR count). The molecular formula is C30H32F3N8O7+. The third-order valence-electron chi connectivity index (χ3n) is 7.47. The van der Waals surface area contributed by atoms with E-state index in [1.54, 1.807) is 6.07 Å². The molecule has 4 atom stereocenters. The van der Waals surface area contributed by atoms with Crippen LogP contribution in [0.5, 0.6) is 0 Å². The number of aliphatic hydroxyl groups is 1. The van der Waals surface area contributed by atoms with Crippen molar-refractivity contribution < 1.29 is 51.8 Å². The van der Waals surface area contributed by atoms with Crippen LogP contribution in [0.15, 0.2) is 61.7 Å². The van der Waals surface area contributed by atoms with Crippen LogP contribution >= 0.6 is 0 Å². The van der Waals surface area contributed by atoms with E-state index in [4.69, 9.17) is 20.3 Å². The van der Waals surface area contributed by atoms with Gasteiger partial charge in [0.1, 0.15) is 48.6 Å². The standard InChI is InChI=1S/C30H31F3N8O7/c1-17(26-23(33)11-35-14-37-26)30(46,21-7-6-20(31)9-22(21)32)13-41-16-40(15-38-41)18(2)48-29(45)39(3)27-19(5-4-8-36-27)12-47-25(42)10-24(34)28(43)44/h4-9,11,14-18,24,46H,10,12-13,34H2,1-3H3/p+1/t17-,18?,24-,30+/m0/s1. The first-order chi connectivity index (χ1) is 22.7. The Morgan fingerprint density at radius 3 is 2.58 bits per heavy atom. The zero-order valence-electron chi connectivity index (χ0n) is 25.9. The van der Waals surface area contributed by atoms with Crippen LogP contribution in [0.3, 0.4) is 0 Å². The van der Waals surface area contributed by atoms with E-state index < -0.39 is 72.2 Å². The second kappa shape index (κ2) is 14.9. The summed E-state index contributed by atoms with van der Waals surface area (Å²) in [5, 5.41) is 24.9. The van der Waals surface area contributed by atoms with Crippen molar-refractivity contribution in [3.8, 4) is 0 Å². The Labute approximate surface area is 271 Å². The molecule has 0 saturated carbocycles. The highest BCUT2D eigenvalue weighted by molar-refractivity contribution is 5.86. The van der Waals surface area contributed by atoms with Crippen molar-refractivity contribution in [3.63, 3.8) is 0 Å². The highest BCUT2D eigenvalue weighted by Crippen LogP contribution is 2.39. The molecular weight excluding hydrogens is 641 g/mol. The molecule has 1 amide bonds. The number of hydrogen-bond donors (Lipinski definition) is 3. The fourth-order valence-electron chi connectivity index (χ4n) is 4.72. The predicted molar refractivity (Wildman–Crippen MR) is 157 cm³/mol. The number of ether oxygens (including phenoxy) is 2. The average molecular weight is 674 g/mol. The van der Waals surface area contributed by atoms with Crippen LogP contribution < -0.4 is 15.2 Å². The molecule has 0 aliphatic heterocycles. The van der Waals surface area contributed by atoms with Crippen molar-refractivity contribution in [1.29, 1.82) is 0 Å². The highest BCUT2D eigenvalue weighted by Gasteiger charge is 2.43. The van der Waals surface area contributed by atoms with Gasteiger partial charge >= 0.3 is 18.0 Å². The van der Waals surface area contributed by atoms with E-state index in [-0.39, 0.29) is 23.7 Å². The van der Waals surface area contributed by atoms with Gasteiger partial charge in [0.25, 0.3) is 6.33 Å². The van der Waals surface area contributed by atoms with Crippen LogP contribution in [0.25, 0.3) is 0 Å². The van der Waals surface area contributed by atoms with Gasteiger partial charge in [-0.1, -0.05) is 19.1 Å². The first-order valence-electron chi connectivity index (χ1n) is 14.3. The molecule has 4 aromatic rings. The largest absolute Gasteiger partial charge is 0.480 e. The number of hydrogen-bond acceptors (Lipinski definition) is 11. The summed E-state index contributed by atoms with van der Waals surface area (Å²) in [7, 11) is 1.36. The van der Waals surface area contributed by atoms with Crippen molar-refractivity contribution in [2.24, 2.45) is 5.73 Å². The van der Waals surface area contributed by atoms with E-state index in [1.165, 1.54) is 55.1 Å². The van der Waals surface area contributed by atoms with Crippen molar-refractivity contribution in [3.05, 3.63) is 96.0 Å². The molecule has 3 aromatic heterocycles. The molecule has 0 aliphatic carbocycles. The Morgan fingerprint density at radius 2 is 1.90 bits per heavy atom. The molecule has 0 saturated heterocycles. The van der Waals surface area contributed by atoms with E-state index in [0.717, 1.165) is 29.6 Å². The number of aromatic nitrogens is 6. The molecule has 0 bridgehead atoms. The lowest BCUT2D eigenvalue weighted by Crippen LogP contribution is -2.42. The topological polar surface area (TPSA) is 200 Å². The minimum Gasteiger partial charge on any atom is -0.480 e. The van der Waals surface area contributed by atoms with Gasteiger partial charge in [-0.2, -0.15) is 4.57 Å². The second-order valence-corrected chi connectivity index (χ2v) is 10.8. The first kappa shape index (κ1) is 35.4. The van der Waals surface area contributed by atoms with Crippen LogP contribution in [-0.4, -0.2) is 66.1 Å². The quantitative estimate of drug-likeness (QED) is 0.138. The van der Waals surface area contributed by atoms with E-state index in [2.05, 4.69) is 20.1 Å². The molecule has 0 fully saturated rings. The maximum Gasteiger partial charge on any atom is 0.418 e. The average Bonchev–Trinajstić information content (AvgIpc) is 3.51. The third kappa shape index (κ3) is 8.07. The number of rotatable bonds is 13. The van der Waals surface area contributed by atoms with Gasteiger partial charge in [0, 0.05) is 48.4 Å². The number of esters is 1. The number of anilines is 1. The zero-order chi connectivity index (χ0) is 35.2. The number of carboxylic acids is 1. The van der Waals surface area contributed by atoms with E-state index >= 15 is 4.39 Å². The maximum absolute atomic E-state index is 15.0. The number of carbonyl (C=O) groups is 3. The molecule has 0 radical (unpaired) electrons. The molecule has 0 aliphatic rings. The van der Waals surface area contributed by atoms with Crippen LogP contribution in [0, 0.1) is 17.5 Å². The number of benzene rings is 1.